The van der Waals surface area contributed by atoms with E-state index in [1.165, 1.54) is 12.8 Å². The van der Waals surface area contributed by atoms with E-state index in [-0.39, 0.29) is 11.1 Å². The number of nitrogens with zero attached hydrogens (tertiary/aromatic N) is 5. The monoisotopic (exact) mass is 536 g/mol. The normalized spacial score (nSPS) is 24.9. The summed E-state index contributed by atoms with van der Waals surface area (Å²) in [6.07, 6.45) is 5.19. The van der Waals surface area contributed by atoms with Crippen LogP contribution in [0.5, 0.6) is 11.8 Å². The van der Waals surface area contributed by atoms with Crippen molar-refractivity contribution in [2.45, 2.75) is 56.8 Å². The molecule has 4 aliphatic rings. The molecule has 8 nitrogen and oxygen atoms in total. The molecular formula is C29H34F2N6O2. The number of benzene rings is 2. The Morgan fingerprint density at radius 1 is 1.00 bits per heavy atom. The number of aromatic hydroxyl groups is 1. The molecule has 1 aromatic heterocycles. The molecular weight excluding hydrogens is 502 g/mol. The van der Waals surface area contributed by atoms with Gasteiger partial charge in [-0.3, -0.25) is 0 Å². The highest BCUT2D eigenvalue weighted by Crippen LogP contribution is 2.41. The van der Waals surface area contributed by atoms with Gasteiger partial charge in [-0.15, -0.1) is 0 Å². The summed E-state index contributed by atoms with van der Waals surface area (Å²) in [7, 11) is 2.12. The SMILES string of the molecule is CN1CCCC1COc1nc2c(c(N3C[C@H]4CC[C@@H](C3)N4)n1)CCN(c1c(F)c(O)c(F)c3ccccc13)C2. The third-order valence-electron chi connectivity index (χ3n) is 8.97. The van der Waals surface area contributed by atoms with Crippen LogP contribution in [0, 0.1) is 11.6 Å². The Bertz CT molecular complexity index is 1410. The second-order valence-corrected chi connectivity index (χ2v) is 11.4. The second-order valence-electron chi connectivity index (χ2n) is 11.4. The Morgan fingerprint density at radius 3 is 2.51 bits per heavy atom. The number of anilines is 2. The van der Waals surface area contributed by atoms with Crippen LogP contribution in [0.3, 0.4) is 0 Å². The van der Waals surface area contributed by atoms with Crippen LogP contribution in [0.15, 0.2) is 24.3 Å². The number of hydrogen-bond donors (Lipinski definition) is 2. The molecule has 7 rings (SSSR count). The van der Waals surface area contributed by atoms with Gasteiger partial charge in [0.25, 0.3) is 0 Å². The maximum Gasteiger partial charge on any atom is 0.318 e. The van der Waals surface area contributed by atoms with Gasteiger partial charge in [0.2, 0.25) is 0 Å². The molecule has 4 aliphatic heterocycles. The maximum absolute atomic E-state index is 15.4. The molecule has 2 N–H and O–H groups in total. The first kappa shape index (κ1) is 24.8. The van der Waals surface area contributed by atoms with Crippen LogP contribution in [-0.2, 0) is 13.0 Å². The lowest BCUT2D eigenvalue weighted by molar-refractivity contribution is 0.187. The van der Waals surface area contributed by atoms with Crippen molar-refractivity contribution >= 4 is 22.3 Å². The molecule has 0 aliphatic carbocycles. The Hall–Kier alpha value is -3.24. The first-order valence-corrected chi connectivity index (χ1v) is 14.0. The molecule has 10 heteroatoms. The highest BCUT2D eigenvalue weighted by atomic mass is 19.1. The zero-order valence-corrected chi connectivity index (χ0v) is 22.2. The summed E-state index contributed by atoms with van der Waals surface area (Å²) in [5.41, 5.74) is 2.05. The molecule has 2 bridgehead atoms. The Morgan fingerprint density at radius 2 is 1.77 bits per heavy atom. The standard InChI is InChI=1S/C29H34F2N6O2/c1-35-11-4-5-19(35)16-39-29-33-23-15-36(26-21-7-3-2-6-20(21)24(30)27(38)25(26)31)12-10-22(23)28(34-29)37-13-17-8-9-18(14-37)32-17/h2-3,6-7,17-19,32,38H,4-5,8-16H2,1H3/t17-,18+,19?. The van der Waals surface area contributed by atoms with Crippen LogP contribution in [0.2, 0.25) is 0 Å². The molecule has 2 aromatic carbocycles. The van der Waals surface area contributed by atoms with Crippen molar-refractivity contribution in [3.05, 3.63) is 47.2 Å². The number of likely N-dealkylation sites (tertiary alicyclic amines) is 1. The van der Waals surface area contributed by atoms with E-state index >= 15 is 4.39 Å². The lowest BCUT2D eigenvalue weighted by atomic mass is 10.0. The minimum Gasteiger partial charge on any atom is -0.503 e. The summed E-state index contributed by atoms with van der Waals surface area (Å²) in [5, 5.41) is 14.6. The molecule has 1 unspecified atom stereocenters. The van der Waals surface area contributed by atoms with Crippen molar-refractivity contribution in [1.82, 2.24) is 20.2 Å². The van der Waals surface area contributed by atoms with Crippen LogP contribution >= 0.6 is 0 Å². The number of hydrogen-bond acceptors (Lipinski definition) is 8. The van der Waals surface area contributed by atoms with Crippen molar-refractivity contribution in [2.75, 3.05) is 49.6 Å². The average molecular weight is 537 g/mol. The first-order chi connectivity index (χ1) is 19.0. The van der Waals surface area contributed by atoms with Gasteiger partial charge in [-0.05, 0) is 45.7 Å². The van der Waals surface area contributed by atoms with Crippen molar-refractivity contribution in [1.29, 1.82) is 0 Å². The number of fused-ring (bicyclic) bond motifs is 4. The Labute approximate surface area is 226 Å². The topological polar surface area (TPSA) is 77.0 Å². The van der Waals surface area contributed by atoms with E-state index in [0.717, 1.165) is 49.6 Å². The van der Waals surface area contributed by atoms with Crippen LogP contribution < -0.4 is 19.9 Å². The van der Waals surface area contributed by atoms with E-state index in [2.05, 4.69) is 22.2 Å². The fourth-order valence-corrected chi connectivity index (χ4v) is 6.88. The molecule has 0 spiro atoms. The molecule has 3 fully saturated rings. The second kappa shape index (κ2) is 9.75. The van der Waals surface area contributed by atoms with E-state index in [4.69, 9.17) is 14.7 Å². The van der Waals surface area contributed by atoms with Crippen molar-refractivity contribution in [3.8, 4) is 11.8 Å². The van der Waals surface area contributed by atoms with Crippen molar-refractivity contribution in [2.24, 2.45) is 0 Å². The highest BCUT2D eigenvalue weighted by molar-refractivity contribution is 5.96. The summed E-state index contributed by atoms with van der Waals surface area (Å²) in [5.74, 6) is -1.91. The van der Waals surface area contributed by atoms with Gasteiger partial charge in [-0.1, -0.05) is 24.3 Å². The summed E-state index contributed by atoms with van der Waals surface area (Å²) in [4.78, 5) is 16.3. The van der Waals surface area contributed by atoms with Gasteiger partial charge in [0, 0.05) is 54.1 Å². The van der Waals surface area contributed by atoms with E-state index in [0.29, 0.717) is 55.6 Å². The summed E-state index contributed by atoms with van der Waals surface area (Å²) >= 11 is 0. The molecule has 206 valence electrons. The van der Waals surface area contributed by atoms with E-state index < -0.39 is 17.4 Å². The maximum atomic E-state index is 15.4. The zero-order chi connectivity index (χ0) is 26.7. The average Bonchev–Trinajstić information content (AvgIpc) is 3.52. The van der Waals surface area contributed by atoms with Crippen molar-refractivity contribution < 1.29 is 18.6 Å². The summed E-state index contributed by atoms with van der Waals surface area (Å²) in [6.45, 7) is 4.18. The number of phenolic OH excluding ortho intramolecular Hbond substituents is 1. The van der Waals surface area contributed by atoms with Gasteiger partial charge in [0.1, 0.15) is 12.4 Å². The molecule has 39 heavy (non-hydrogen) atoms. The molecule has 3 aromatic rings. The van der Waals surface area contributed by atoms with Crippen LogP contribution in [0.4, 0.5) is 20.3 Å². The predicted octanol–water partition coefficient (Wildman–Crippen LogP) is 3.59. The quantitative estimate of drug-likeness (QED) is 0.513. The molecule has 3 saturated heterocycles. The van der Waals surface area contributed by atoms with Gasteiger partial charge >= 0.3 is 6.01 Å². The summed E-state index contributed by atoms with van der Waals surface area (Å²) < 4.78 is 36.3. The number of phenols is 1. The number of piperazine rings is 1. The number of ether oxygens (including phenoxy) is 1. The van der Waals surface area contributed by atoms with Gasteiger partial charge in [0.05, 0.1) is 17.9 Å². The number of nitrogens with one attached hydrogen (secondary N) is 1. The molecule has 0 amide bonds. The minimum atomic E-state index is -0.945. The highest BCUT2D eigenvalue weighted by Gasteiger charge is 2.36. The van der Waals surface area contributed by atoms with Crippen LogP contribution in [-0.4, -0.2) is 77.9 Å². The molecule has 0 saturated carbocycles. The minimum absolute atomic E-state index is 0.196. The third kappa shape index (κ3) is 4.34. The zero-order valence-electron chi connectivity index (χ0n) is 22.2. The van der Waals surface area contributed by atoms with E-state index in [1.807, 2.05) is 4.90 Å². The van der Waals surface area contributed by atoms with Gasteiger partial charge in [-0.2, -0.15) is 9.97 Å². The van der Waals surface area contributed by atoms with Gasteiger partial charge in [0.15, 0.2) is 17.4 Å². The number of aromatic nitrogens is 2. The molecule has 5 heterocycles. The fraction of sp³-hybridized carbons (Fsp3) is 0.517. The third-order valence-corrected chi connectivity index (χ3v) is 8.97. The lowest BCUT2D eigenvalue weighted by Crippen LogP contribution is -2.52. The van der Waals surface area contributed by atoms with E-state index in [1.54, 1.807) is 24.3 Å². The van der Waals surface area contributed by atoms with Crippen LogP contribution in [0.25, 0.3) is 10.8 Å². The van der Waals surface area contributed by atoms with Gasteiger partial charge < -0.3 is 29.9 Å². The smallest absolute Gasteiger partial charge is 0.318 e. The molecule has 3 atom stereocenters. The number of likely N-dealkylation sites (N-methyl/N-ethyl adjacent to an activating group) is 1. The predicted molar refractivity (Wildman–Crippen MR) is 146 cm³/mol. The van der Waals surface area contributed by atoms with Crippen LogP contribution in [0.1, 0.15) is 36.9 Å². The Kier molecular flexibility index (Phi) is 6.19. The fourth-order valence-electron chi connectivity index (χ4n) is 6.88. The van der Waals surface area contributed by atoms with E-state index in [9.17, 15) is 9.50 Å². The largest absolute Gasteiger partial charge is 0.503 e. The number of rotatable bonds is 5. The Balaban J connectivity index is 1.26. The number of halogens is 2. The van der Waals surface area contributed by atoms with Gasteiger partial charge in [-0.25, -0.2) is 8.78 Å². The lowest BCUT2D eigenvalue weighted by Gasteiger charge is -2.37. The van der Waals surface area contributed by atoms with Crippen molar-refractivity contribution in [3.63, 3.8) is 0 Å². The molecule has 0 radical (unpaired) electrons. The first-order valence-electron chi connectivity index (χ1n) is 14.0. The summed E-state index contributed by atoms with van der Waals surface area (Å²) in [6, 6.07) is 8.29.